The van der Waals surface area contributed by atoms with Gasteiger partial charge >= 0.3 is 5.97 Å². The van der Waals surface area contributed by atoms with Crippen LogP contribution < -0.4 is 0 Å². The molecule has 2 fully saturated rings. The van der Waals surface area contributed by atoms with Gasteiger partial charge in [-0.25, -0.2) is 4.79 Å². The molecule has 1 N–H and O–H groups in total. The van der Waals surface area contributed by atoms with Gasteiger partial charge in [0.15, 0.2) is 11.8 Å². The molecule has 0 bridgehead atoms. The number of non-ortho nitro benzene ring substituents is 1. The van der Waals surface area contributed by atoms with E-state index in [4.69, 9.17) is 4.74 Å². The van der Waals surface area contributed by atoms with E-state index in [-0.39, 0.29) is 18.7 Å². The van der Waals surface area contributed by atoms with Gasteiger partial charge in [-0.1, -0.05) is 0 Å². The van der Waals surface area contributed by atoms with Crippen molar-refractivity contribution in [2.75, 3.05) is 0 Å². The molecule has 2 saturated heterocycles. The highest BCUT2D eigenvalue weighted by atomic mass is 16.6. The number of ether oxygens (including phenoxy) is 1. The monoisotopic (exact) mass is 348 g/mol. The standard InChI is InChI=1S/C16H16N2O7/c1-8(19)13-11-6-12(20)14(17(11)15(13)21)16(22)25-7-9-2-4-10(5-3-9)18(23)24/h2-5,8,11,13-14,19H,6-7H2,1H3/t8-,11-,13-,14?/m0/s1. The van der Waals surface area contributed by atoms with Crippen LogP contribution in [0.2, 0.25) is 0 Å². The fraction of sp³-hybridized carbons (Fsp3) is 0.438. The lowest BCUT2D eigenvalue weighted by atomic mass is 9.84. The van der Waals surface area contributed by atoms with E-state index in [1.807, 2.05) is 0 Å². The number of nitro benzene ring substituents is 1. The molecule has 0 aromatic heterocycles. The summed E-state index contributed by atoms with van der Waals surface area (Å²) in [5.74, 6) is -2.32. The highest BCUT2D eigenvalue weighted by Crippen LogP contribution is 2.40. The molecule has 25 heavy (non-hydrogen) atoms. The molecule has 3 rings (SSSR count). The summed E-state index contributed by atoms with van der Waals surface area (Å²) >= 11 is 0. The van der Waals surface area contributed by atoms with Crippen LogP contribution in [0.5, 0.6) is 0 Å². The maximum atomic E-state index is 12.2. The Kier molecular flexibility index (Phi) is 4.25. The van der Waals surface area contributed by atoms with Crippen LogP contribution in [0, 0.1) is 16.0 Å². The summed E-state index contributed by atoms with van der Waals surface area (Å²) in [7, 11) is 0. The molecule has 9 nitrogen and oxygen atoms in total. The molecule has 2 heterocycles. The molecule has 0 aliphatic carbocycles. The Bertz CT molecular complexity index is 743. The van der Waals surface area contributed by atoms with Gasteiger partial charge in [0.05, 0.1) is 23.0 Å². The number of β-lactam (4-membered cyclic amide) rings is 1. The fourth-order valence-corrected chi connectivity index (χ4v) is 3.33. The number of aliphatic hydroxyl groups is 1. The van der Waals surface area contributed by atoms with Gasteiger partial charge in [0, 0.05) is 18.6 Å². The van der Waals surface area contributed by atoms with Crippen LogP contribution in [0.15, 0.2) is 24.3 Å². The van der Waals surface area contributed by atoms with Crippen molar-refractivity contribution in [1.29, 1.82) is 0 Å². The SMILES string of the molecule is C[C@H](O)[C@@H]1C(=O)N2C(C(=O)OCc3ccc([N+](=O)[O-])cc3)C(=O)C[C@@H]12. The van der Waals surface area contributed by atoms with Crippen LogP contribution in [-0.4, -0.2) is 50.8 Å². The molecular formula is C16H16N2O7. The Morgan fingerprint density at radius 1 is 1.40 bits per heavy atom. The number of esters is 1. The number of Topliss-reactive ketones (excluding diaryl/α,β-unsaturated/α-hetero) is 1. The number of ketones is 1. The van der Waals surface area contributed by atoms with Gasteiger partial charge in [-0.2, -0.15) is 0 Å². The molecule has 1 amide bonds. The third-order valence-corrected chi connectivity index (χ3v) is 4.58. The van der Waals surface area contributed by atoms with E-state index >= 15 is 0 Å². The number of benzene rings is 1. The number of carbonyl (C=O) groups excluding carboxylic acids is 3. The van der Waals surface area contributed by atoms with E-state index in [1.165, 1.54) is 36.1 Å². The molecule has 2 aliphatic heterocycles. The Morgan fingerprint density at radius 2 is 2.04 bits per heavy atom. The maximum Gasteiger partial charge on any atom is 0.337 e. The summed E-state index contributed by atoms with van der Waals surface area (Å²) in [6, 6.07) is 3.73. The zero-order valence-corrected chi connectivity index (χ0v) is 13.3. The lowest BCUT2D eigenvalue weighted by molar-refractivity contribution is -0.384. The van der Waals surface area contributed by atoms with E-state index in [1.54, 1.807) is 0 Å². The minimum Gasteiger partial charge on any atom is -0.459 e. The van der Waals surface area contributed by atoms with E-state index in [0.29, 0.717) is 5.56 Å². The largest absolute Gasteiger partial charge is 0.459 e. The fourth-order valence-electron chi connectivity index (χ4n) is 3.33. The van der Waals surface area contributed by atoms with Crippen LogP contribution in [0.25, 0.3) is 0 Å². The van der Waals surface area contributed by atoms with Crippen LogP contribution in [0.4, 0.5) is 5.69 Å². The number of hydrogen-bond donors (Lipinski definition) is 1. The van der Waals surface area contributed by atoms with Gasteiger partial charge in [-0.05, 0) is 24.6 Å². The van der Waals surface area contributed by atoms with Gasteiger partial charge in [0.1, 0.15) is 6.61 Å². The smallest absolute Gasteiger partial charge is 0.337 e. The second-order valence-corrected chi connectivity index (χ2v) is 6.18. The first-order chi connectivity index (χ1) is 11.8. The first-order valence-corrected chi connectivity index (χ1v) is 7.74. The number of fused-ring (bicyclic) bond motifs is 1. The predicted molar refractivity (Wildman–Crippen MR) is 82.1 cm³/mol. The average Bonchev–Trinajstić information content (AvgIpc) is 2.85. The van der Waals surface area contributed by atoms with Gasteiger partial charge in [0.2, 0.25) is 5.91 Å². The molecule has 1 aromatic carbocycles. The van der Waals surface area contributed by atoms with Crippen molar-refractivity contribution in [2.24, 2.45) is 5.92 Å². The van der Waals surface area contributed by atoms with Crippen molar-refractivity contribution in [3.63, 3.8) is 0 Å². The number of nitro groups is 1. The Labute approximate surface area is 142 Å². The Morgan fingerprint density at radius 3 is 2.60 bits per heavy atom. The predicted octanol–water partition coefficient (Wildman–Crippen LogP) is 0.187. The van der Waals surface area contributed by atoms with Crippen molar-refractivity contribution >= 4 is 23.3 Å². The number of amides is 1. The summed E-state index contributed by atoms with van der Waals surface area (Å²) in [6.07, 6.45) is -0.852. The van der Waals surface area contributed by atoms with Crippen molar-refractivity contribution in [1.82, 2.24) is 4.90 Å². The number of aliphatic hydroxyl groups excluding tert-OH is 1. The molecule has 0 spiro atoms. The van der Waals surface area contributed by atoms with E-state index < -0.39 is 46.7 Å². The van der Waals surface area contributed by atoms with E-state index in [0.717, 1.165) is 0 Å². The van der Waals surface area contributed by atoms with Crippen LogP contribution in [0.1, 0.15) is 18.9 Å². The second kappa shape index (κ2) is 6.25. The average molecular weight is 348 g/mol. The normalized spacial score (nSPS) is 26.0. The highest BCUT2D eigenvalue weighted by Gasteiger charge is 2.61. The molecule has 0 saturated carbocycles. The molecule has 132 valence electrons. The minimum atomic E-state index is -1.27. The third-order valence-electron chi connectivity index (χ3n) is 4.58. The number of carbonyl (C=O) groups is 3. The number of rotatable bonds is 5. The van der Waals surface area contributed by atoms with E-state index in [2.05, 4.69) is 0 Å². The lowest BCUT2D eigenvalue weighted by Gasteiger charge is -2.45. The quantitative estimate of drug-likeness (QED) is 0.264. The van der Waals surface area contributed by atoms with E-state index in [9.17, 15) is 29.6 Å². The van der Waals surface area contributed by atoms with Crippen LogP contribution >= 0.6 is 0 Å². The summed E-state index contributed by atoms with van der Waals surface area (Å²) in [5, 5.41) is 20.2. The van der Waals surface area contributed by atoms with Crippen LogP contribution in [0.3, 0.4) is 0 Å². The maximum absolute atomic E-state index is 12.2. The summed E-state index contributed by atoms with van der Waals surface area (Å²) in [5.41, 5.74) is 0.442. The van der Waals surface area contributed by atoms with Crippen molar-refractivity contribution in [2.45, 2.75) is 38.1 Å². The van der Waals surface area contributed by atoms with Gasteiger partial charge < -0.3 is 14.7 Å². The topological polar surface area (TPSA) is 127 Å². The molecule has 4 atom stereocenters. The highest BCUT2D eigenvalue weighted by molar-refractivity contribution is 6.11. The van der Waals surface area contributed by atoms with Gasteiger partial charge in [0.25, 0.3) is 5.69 Å². The summed E-state index contributed by atoms with van der Waals surface area (Å²) in [4.78, 5) is 47.6. The molecule has 1 aromatic rings. The number of nitrogens with zero attached hydrogens (tertiary/aromatic N) is 2. The molecule has 1 unspecified atom stereocenters. The van der Waals surface area contributed by atoms with Crippen molar-refractivity contribution in [3.05, 3.63) is 39.9 Å². The molecule has 2 aliphatic rings. The third kappa shape index (κ3) is 2.86. The number of hydrogen-bond acceptors (Lipinski definition) is 7. The van der Waals surface area contributed by atoms with Gasteiger partial charge in [-0.15, -0.1) is 0 Å². The Hall–Kier alpha value is -2.81. The summed E-state index contributed by atoms with van der Waals surface area (Å²) < 4.78 is 5.09. The minimum absolute atomic E-state index is 0.0264. The zero-order valence-electron chi connectivity index (χ0n) is 13.3. The second-order valence-electron chi connectivity index (χ2n) is 6.18. The van der Waals surface area contributed by atoms with Gasteiger partial charge in [-0.3, -0.25) is 19.7 Å². The first kappa shape index (κ1) is 17.0. The zero-order chi connectivity index (χ0) is 18.3. The Balaban J connectivity index is 1.63. The first-order valence-electron chi connectivity index (χ1n) is 7.74. The van der Waals surface area contributed by atoms with Crippen molar-refractivity contribution < 1.29 is 29.2 Å². The molecule has 0 radical (unpaired) electrons. The molecular weight excluding hydrogens is 332 g/mol. The molecule has 9 heteroatoms. The van der Waals surface area contributed by atoms with Crippen LogP contribution in [-0.2, 0) is 25.7 Å². The summed E-state index contributed by atoms with van der Waals surface area (Å²) in [6.45, 7) is 1.32. The lowest BCUT2D eigenvalue weighted by Crippen LogP contribution is -2.64. The van der Waals surface area contributed by atoms with Crippen molar-refractivity contribution in [3.8, 4) is 0 Å².